The van der Waals surface area contributed by atoms with E-state index in [1.165, 1.54) is 25.7 Å². The van der Waals surface area contributed by atoms with Crippen molar-refractivity contribution in [3.63, 3.8) is 0 Å². The molecule has 14 heavy (non-hydrogen) atoms. The van der Waals surface area contributed by atoms with Gasteiger partial charge in [0.15, 0.2) is 0 Å². The zero-order valence-electron chi connectivity index (χ0n) is 8.28. The van der Waals surface area contributed by atoms with Gasteiger partial charge in [-0.1, -0.05) is 25.7 Å². The van der Waals surface area contributed by atoms with Gasteiger partial charge in [0.05, 0.1) is 5.25 Å². The summed E-state index contributed by atoms with van der Waals surface area (Å²) >= 11 is 0. The topological polar surface area (TPSA) is 34.1 Å². The molecule has 2 nitrogen and oxygen atoms in total. The fourth-order valence-corrected chi connectivity index (χ4v) is 4.47. The second-order valence-corrected chi connectivity index (χ2v) is 7.62. The van der Waals surface area contributed by atoms with Crippen molar-refractivity contribution in [3.05, 3.63) is 0 Å². The van der Waals surface area contributed by atoms with Crippen molar-refractivity contribution in [1.29, 1.82) is 0 Å². The summed E-state index contributed by atoms with van der Waals surface area (Å²) < 4.78 is 22.5. The first-order valence-corrected chi connectivity index (χ1v) is 7.88. The minimum Gasteiger partial charge on any atom is -0.212 e. The Morgan fingerprint density at radius 3 is 2.21 bits per heavy atom. The van der Waals surface area contributed by atoms with E-state index in [0.717, 1.165) is 25.2 Å². The number of hydrogen-bond acceptors (Lipinski definition) is 2. The minimum atomic E-state index is -3.30. The fourth-order valence-electron chi connectivity index (χ4n) is 3.09. The molecule has 0 aromatic rings. The molecule has 0 amide bonds. The van der Waals surface area contributed by atoms with Crippen molar-refractivity contribution in [3.8, 4) is 0 Å². The molecule has 0 bridgehead atoms. The lowest BCUT2D eigenvalue weighted by Gasteiger charge is -2.38. The van der Waals surface area contributed by atoms with Gasteiger partial charge in [0.2, 0.25) is 9.05 Å². The van der Waals surface area contributed by atoms with Crippen LogP contribution >= 0.6 is 10.7 Å². The Balaban J connectivity index is 2.03. The summed E-state index contributed by atoms with van der Waals surface area (Å²) in [5.41, 5.74) is 0. The molecule has 0 spiro atoms. The predicted octanol–water partition coefficient (Wildman–Crippen LogP) is 2.91. The van der Waals surface area contributed by atoms with Crippen molar-refractivity contribution in [2.75, 3.05) is 0 Å². The van der Waals surface area contributed by atoms with Crippen molar-refractivity contribution in [1.82, 2.24) is 0 Å². The molecule has 0 aliphatic heterocycles. The molecule has 0 aromatic carbocycles. The molecule has 3 atom stereocenters. The molecular weight excluding hydrogens is 220 g/mol. The van der Waals surface area contributed by atoms with Gasteiger partial charge in [-0.05, 0) is 31.1 Å². The average Bonchev–Trinajstić information content (AvgIpc) is 2.16. The van der Waals surface area contributed by atoms with Crippen molar-refractivity contribution >= 4 is 19.7 Å². The highest BCUT2D eigenvalue weighted by molar-refractivity contribution is 8.14. The van der Waals surface area contributed by atoms with E-state index in [-0.39, 0.29) is 5.25 Å². The lowest BCUT2D eigenvalue weighted by Crippen LogP contribution is -2.33. The molecule has 2 aliphatic rings. The molecule has 2 aliphatic carbocycles. The lowest BCUT2D eigenvalue weighted by molar-refractivity contribution is 0.173. The molecular formula is C10H17ClO2S. The molecule has 0 N–H and O–H groups in total. The van der Waals surface area contributed by atoms with Crippen LogP contribution in [0.1, 0.15) is 44.9 Å². The molecule has 2 rings (SSSR count). The third-order valence-electron chi connectivity index (χ3n) is 3.89. The Morgan fingerprint density at radius 2 is 1.57 bits per heavy atom. The first-order valence-electron chi connectivity index (χ1n) is 5.51. The summed E-state index contributed by atoms with van der Waals surface area (Å²) in [5.74, 6) is 1.43. The summed E-state index contributed by atoms with van der Waals surface area (Å²) in [5, 5.41) is -0.261. The summed E-state index contributed by atoms with van der Waals surface area (Å²) in [6.07, 6.45) is 7.80. The highest BCUT2D eigenvalue weighted by Gasteiger charge is 2.36. The zero-order chi connectivity index (χ0) is 10.2. The Labute approximate surface area is 90.4 Å². The summed E-state index contributed by atoms with van der Waals surface area (Å²) in [4.78, 5) is 0. The number of rotatable bonds is 1. The van der Waals surface area contributed by atoms with Crippen LogP contribution in [0.25, 0.3) is 0 Å². The molecule has 4 heteroatoms. The predicted molar refractivity (Wildman–Crippen MR) is 57.9 cm³/mol. The smallest absolute Gasteiger partial charge is 0.212 e. The van der Waals surface area contributed by atoms with Gasteiger partial charge in [-0.2, -0.15) is 0 Å². The molecule has 0 radical (unpaired) electrons. The van der Waals surface area contributed by atoms with E-state index in [1.54, 1.807) is 0 Å². The van der Waals surface area contributed by atoms with Crippen molar-refractivity contribution in [2.24, 2.45) is 11.8 Å². The Kier molecular flexibility index (Phi) is 3.08. The van der Waals surface area contributed by atoms with Crippen LogP contribution in [0.2, 0.25) is 0 Å². The maximum Gasteiger partial charge on any atom is 0.235 e. The molecule has 3 unspecified atom stereocenters. The van der Waals surface area contributed by atoms with Gasteiger partial charge < -0.3 is 0 Å². The van der Waals surface area contributed by atoms with Crippen LogP contribution in [0.4, 0.5) is 0 Å². The van der Waals surface area contributed by atoms with Gasteiger partial charge in [-0.25, -0.2) is 8.42 Å². The Morgan fingerprint density at radius 1 is 0.929 bits per heavy atom. The largest absolute Gasteiger partial charge is 0.235 e. The Bertz CT molecular complexity index is 299. The molecule has 0 heterocycles. The maximum absolute atomic E-state index is 11.2. The maximum atomic E-state index is 11.2. The summed E-state index contributed by atoms with van der Waals surface area (Å²) in [6, 6.07) is 0. The normalized spacial score (nSPS) is 39.1. The fraction of sp³-hybridized carbons (Fsp3) is 1.00. The van der Waals surface area contributed by atoms with Crippen LogP contribution < -0.4 is 0 Å². The first kappa shape index (κ1) is 10.7. The van der Waals surface area contributed by atoms with E-state index in [1.807, 2.05) is 0 Å². The van der Waals surface area contributed by atoms with E-state index in [2.05, 4.69) is 0 Å². The van der Waals surface area contributed by atoms with Crippen LogP contribution in [0.5, 0.6) is 0 Å². The minimum absolute atomic E-state index is 0.261. The van der Waals surface area contributed by atoms with Crippen LogP contribution in [-0.4, -0.2) is 13.7 Å². The van der Waals surface area contributed by atoms with Gasteiger partial charge in [0, 0.05) is 10.7 Å². The van der Waals surface area contributed by atoms with Crippen LogP contribution in [0.15, 0.2) is 0 Å². The van der Waals surface area contributed by atoms with E-state index in [0.29, 0.717) is 5.92 Å². The van der Waals surface area contributed by atoms with Crippen LogP contribution in [0.3, 0.4) is 0 Å². The summed E-state index contributed by atoms with van der Waals surface area (Å²) in [7, 11) is 2.11. The van der Waals surface area contributed by atoms with Gasteiger partial charge in [-0.15, -0.1) is 0 Å². The zero-order valence-corrected chi connectivity index (χ0v) is 9.86. The Hall–Kier alpha value is 0.240. The molecule has 0 saturated heterocycles. The summed E-state index contributed by atoms with van der Waals surface area (Å²) in [6.45, 7) is 0. The SMILES string of the molecule is O=S(=O)(Cl)C1CCC2CCCCC2C1. The molecule has 2 fully saturated rings. The van der Waals surface area contributed by atoms with Crippen LogP contribution in [-0.2, 0) is 9.05 Å². The first-order chi connectivity index (χ1) is 6.57. The number of fused-ring (bicyclic) bond motifs is 1. The van der Waals surface area contributed by atoms with E-state index >= 15 is 0 Å². The third kappa shape index (κ3) is 2.25. The number of halogens is 1. The highest BCUT2D eigenvalue weighted by atomic mass is 35.7. The lowest BCUT2D eigenvalue weighted by atomic mass is 9.71. The van der Waals surface area contributed by atoms with Crippen molar-refractivity contribution < 1.29 is 8.42 Å². The second-order valence-electron chi connectivity index (χ2n) is 4.72. The van der Waals surface area contributed by atoms with E-state index in [4.69, 9.17) is 10.7 Å². The number of hydrogen-bond donors (Lipinski definition) is 0. The highest BCUT2D eigenvalue weighted by Crippen LogP contribution is 2.42. The molecule has 0 aromatic heterocycles. The van der Waals surface area contributed by atoms with Gasteiger partial charge in [0.1, 0.15) is 0 Å². The monoisotopic (exact) mass is 236 g/mol. The average molecular weight is 237 g/mol. The standard InChI is InChI=1S/C10H17ClO2S/c11-14(12,13)10-6-5-8-3-1-2-4-9(8)7-10/h8-10H,1-7H2. The van der Waals surface area contributed by atoms with Gasteiger partial charge in [-0.3, -0.25) is 0 Å². The molecule has 82 valence electrons. The van der Waals surface area contributed by atoms with Crippen molar-refractivity contribution in [2.45, 2.75) is 50.2 Å². The third-order valence-corrected chi connectivity index (χ3v) is 5.87. The van der Waals surface area contributed by atoms with E-state index < -0.39 is 9.05 Å². The van der Waals surface area contributed by atoms with Gasteiger partial charge in [0.25, 0.3) is 0 Å². The van der Waals surface area contributed by atoms with Crippen LogP contribution in [0, 0.1) is 11.8 Å². The quantitative estimate of drug-likeness (QED) is 0.656. The second kappa shape index (κ2) is 4.01. The van der Waals surface area contributed by atoms with E-state index in [9.17, 15) is 8.42 Å². The molecule has 2 saturated carbocycles. The van der Waals surface area contributed by atoms with Gasteiger partial charge >= 0.3 is 0 Å².